The Labute approximate surface area is 233 Å². The van der Waals surface area contributed by atoms with Gasteiger partial charge in [0.25, 0.3) is 11.8 Å². The van der Waals surface area contributed by atoms with Crippen LogP contribution in [0.1, 0.15) is 47.2 Å². The standard InChI is InChI=1S/C13H10BrF2N3.C13H11BrF2N2O/c1-8-18-12(13(2,15)16)7-19(8)11-5-4-9(14)6-10(11)17-3;1-8-17-12(13(2,15)16)6-18(8)11-4-3-10(14)5-9(11)7-19/h4-7H,1-2H3;3-7H,1-2H3. The summed E-state index contributed by atoms with van der Waals surface area (Å²) in [5.74, 6) is -5.18. The molecule has 0 saturated carbocycles. The predicted molar refractivity (Wildman–Crippen MR) is 143 cm³/mol. The second-order valence-corrected chi connectivity index (χ2v) is 10.3. The van der Waals surface area contributed by atoms with Crippen LogP contribution in [0.25, 0.3) is 16.2 Å². The predicted octanol–water partition coefficient (Wildman–Crippen LogP) is 8.47. The van der Waals surface area contributed by atoms with E-state index in [0.29, 0.717) is 40.6 Å². The lowest BCUT2D eigenvalue weighted by Gasteiger charge is -2.08. The van der Waals surface area contributed by atoms with Gasteiger partial charge in [-0.3, -0.25) is 4.79 Å². The van der Waals surface area contributed by atoms with Gasteiger partial charge in [-0.05, 0) is 50.2 Å². The van der Waals surface area contributed by atoms with Gasteiger partial charge in [0, 0.05) is 40.8 Å². The third-order valence-corrected chi connectivity index (χ3v) is 6.34. The first kappa shape index (κ1) is 29.3. The van der Waals surface area contributed by atoms with Crippen LogP contribution in [-0.2, 0) is 11.8 Å². The van der Waals surface area contributed by atoms with E-state index < -0.39 is 11.8 Å². The fraction of sp³-hybridized carbons (Fsp3) is 0.231. The van der Waals surface area contributed by atoms with E-state index >= 15 is 0 Å². The van der Waals surface area contributed by atoms with E-state index in [2.05, 4.69) is 46.7 Å². The molecular weight excluding hydrogens is 634 g/mol. The molecule has 2 heterocycles. The lowest BCUT2D eigenvalue weighted by Crippen LogP contribution is -2.07. The van der Waals surface area contributed by atoms with Crippen molar-refractivity contribution in [2.45, 2.75) is 39.5 Å². The molecule has 6 nitrogen and oxygen atoms in total. The number of carbonyl (C=O) groups excluding carboxylic acids is 1. The number of hydrogen-bond donors (Lipinski definition) is 0. The van der Waals surface area contributed by atoms with Gasteiger partial charge >= 0.3 is 0 Å². The Morgan fingerprint density at radius 3 is 1.71 bits per heavy atom. The summed E-state index contributed by atoms with van der Waals surface area (Å²) in [5.41, 5.74) is 1.23. The molecule has 12 heteroatoms. The molecule has 0 radical (unpaired) electrons. The Kier molecular flexibility index (Phi) is 8.63. The normalized spacial score (nSPS) is 11.5. The topological polar surface area (TPSA) is 57.1 Å². The zero-order valence-corrected chi connectivity index (χ0v) is 23.8. The number of alkyl halides is 4. The molecule has 0 unspecified atom stereocenters. The molecule has 4 aromatic rings. The molecule has 198 valence electrons. The van der Waals surface area contributed by atoms with E-state index in [0.717, 1.165) is 22.8 Å². The summed E-state index contributed by atoms with van der Waals surface area (Å²) in [6.07, 6.45) is 3.21. The third kappa shape index (κ3) is 6.57. The van der Waals surface area contributed by atoms with Crippen LogP contribution in [-0.4, -0.2) is 25.4 Å². The van der Waals surface area contributed by atoms with Gasteiger partial charge in [-0.15, -0.1) is 0 Å². The molecule has 0 spiro atoms. The number of carbonyl (C=O) groups is 1. The minimum Gasteiger partial charge on any atom is -0.313 e. The Hall–Kier alpha value is -3.30. The monoisotopic (exact) mass is 653 g/mol. The summed E-state index contributed by atoms with van der Waals surface area (Å²) in [5, 5.41) is 0. The summed E-state index contributed by atoms with van der Waals surface area (Å²) in [4.78, 5) is 22.2. The maximum Gasteiger partial charge on any atom is 0.288 e. The Morgan fingerprint density at radius 2 is 1.29 bits per heavy atom. The summed E-state index contributed by atoms with van der Waals surface area (Å²) in [6, 6.07) is 10.2. The van der Waals surface area contributed by atoms with E-state index in [1.165, 1.54) is 21.5 Å². The summed E-state index contributed by atoms with van der Waals surface area (Å²) in [6.45, 7) is 12.0. The summed E-state index contributed by atoms with van der Waals surface area (Å²) in [7, 11) is 0. The molecule has 0 fully saturated rings. The zero-order chi connectivity index (χ0) is 28.4. The first-order chi connectivity index (χ1) is 17.6. The Balaban J connectivity index is 0.000000211. The minimum absolute atomic E-state index is 0.302. The van der Waals surface area contributed by atoms with Crippen molar-refractivity contribution in [3.8, 4) is 11.4 Å². The van der Waals surface area contributed by atoms with E-state index in [-0.39, 0.29) is 11.4 Å². The highest BCUT2D eigenvalue weighted by Gasteiger charge is 2.29. The number of aryl methyl sites for hydroxylation is 2. The number of aldehydes is 1. The van der Waals surface area contributed by atoms with Gasteiger partial charge in [-0.1, -0.05) is 31.9 Å². The number of hydrogen-bond acceptors (Lipinski definition) is 3. The summed E-state index contributed by atoms with van der Waals surface area (Å²) >= 11 is 6.54. The van der Waals surface area contributed by atoms with Gasteiger partial charge < -0.3 is 9.13 Å². The molecule has 0 bridgehead atoms. The Bertz CT molecular complexity index is 1530. The number of halogens is 6. The fourth-order valence-electron chi connectivity index (χ4n) is 3.49. The van der Waals surface area contributed by atoms with Gasteiger partial charge in [0.15, 0.2) is 6.29 Å². The SMILES string of the molecule is Cc1nc(C(C)(F)F)cn1-c1ccc(Br)cc1C=O.[C-]#[N+]c1cc(Br)ccc1-n1cc(C(C)(F)F)nc1C. The zero-order valence-electron chi connectivity index (χ0n) is 20.6. The van der Waals surface area contributed by atoms with Gasteiger partial charge in [0.1, 0.15) is 23.0 Å². The fourth-order valence-corrected chi connectivity index (χ4v) is 4.21. The molecular formula is C26H21Br2F4N5O. The van der Waals surface area contributed by atoms with Crippen molar-refractivity contribution in [3.63, 3.8) is 0 Å². The molecule has 0 aliphatic carbocycles. The van der Waals surface area contributed by atoms with E-state index in [4.69, 9.17) is 6.57 Å². The number of aromatic nitrogens is 4. The van der Waals surface area contributed by atoms with Crippen molar-refractivity contribution < 1.29 is 22.4 Å². The van der Waals surface area contributed by atoms with Crippen molar-refractivity contribution in [1.29, 1.82) is 0 Å². The molecule has 0 atom stereocenters. The molecule has 0 amide bonds. The van der Waals surface area contributed by atoms with Crippen molar-refractivity contribution in [2.24, 2.45) is 0 Å². The average molecular weight is 655 g/mol. The van der Waals surface area contributed by atoms with Crippen molar-refractivity contribution in [2.75, 3.05) is 0 Å². The number of imidazole rings is 2. The van der Waals surface area contributed by atoms with Crippen LogP contribution < -0.4 is 0 Å². The molecule has 4 rings (SSSR count). The maximum absolute atomic E-state index is 13.3. The van der Waals surface area contributed by atoms with E-state index in [1.54, 1.807) is 50.2 Å². The number of nitrogens with zero attached hydrogens (tertiary/aromatic N) is 5. The van der Waals surface area contributed by atoms with Crippen LogP contribution in [0, 0.1) is 20.4 Å². The van der Waals surface area contributed by atoms with Gasteiger partial charge in [0.05, 0.1) is 17.9 Å². The van der Waals surface area contributed by atoms with Gasteiger partial charge in [-0.25, -0.2) is 14.8 Å². The summed E-state index contributed by atoms with van der Waals surface area (Å²) < 4.78 is 57.6. The minimum atomic E-state index is -3.01. The molecule has 0 saturated heterocycles. The quantitative estimate of drug-likeness (QED) is 0.123. The van der Waals surface area contributed by atoms with Crippen LogP contribution in [0.2, 0.25) is 0 Å². The van der Waals surface area contributed by atoms with Crippen molar-refractivity contribution in [3.05, 3.63) is 97.8 Å². The molecule has 2 aromatic carbocycles. The smallest absolute Gasteiger partial charge is 0.288 e. The van der Waals surface area contributed by atoms with Crippen LogP contribution >= 0.6 is 31.9 Å². The largest absolute Gasteiger partial charge is 0.313 e. The highest BCUT2D eigenvalue weighted by atomic mass is 79.9. The van der Waals surface area contributed by atoms with Gasteiger partial charge in [-0.2, -0.15) is 17.6 Å². The number of benzene rings is 2. The second-order valence-electron chi connectivity index (χ2n) is 8.43. The Morgan fingerprint density at radius 1 is 0.842 bits per heavy atom. The first-order valence-electron chi connectivity index (χ1n) is 11.0. The van der Waals surface area contributed by atoms with Gasteiger partial charge in [0.2, 0.25) is 5.69 Å². The molecule has 2 aromatic heterocycles. The molecule has 0 aliphatic heterocycles. The lowest BCUT2D eigenvalue weighted by atomic mass is 10.2. The molecule has 0 aliphatic rings. The highest BCUT2D eigenvalue weighted by molar-refractivity contribution is 9.10. The molecule has 38 heavy (non-hydrogen) atoms. The van der Waals surface area contributed by atoms with Crippen molar-refractivity contribution in [1.82, 2.24) is 19.1 Å². The lowest BCUT2D eigenvalue weighted by molar-refractivity contribution is 0.0124. The first-order valence-corrected chi connectivity index (χ1v) is 12.6. The van der Waals surface area contributed by atoms with Crippen LogP contribution in [0.4, 0.5) is 23.2 Å². The average Bonchev–Trinajstić information content (AvgIpc) is 3.42. The van der Waals surface area contributed by atoms with Crippen molar-refractivity contribution >= 4 is 43.8 Å². The van der Waals surface area contributed by atoms with E-state index in [9.17, 15) is 22.4 Å². The van der Waals surface area contributed by atoms with Crippen LogP contribution in [0.5, 0.6) is 0 Å². The maximum atomic E-state index is 13.3. The van der Waals surface area contributed by atoms with Crippen LogP contribution in [0.15, 0.2) is 57.7 Å². The van der Waals surface area contributed by atoms with Crippen LogP contribution in [0.3, 0.4) is 0 Å². The van der Waals surface area contributed by atoms with E-state index in [1.807, 2.05) is 0 Å². The molecule has 0 N–H and O–H groups in total. The number of rotatable bonds is 5. The third-order valence-electron chi connectivity index (χ3n) is 5.36. The second kappa shape index (κ2) is 11.2. The highest BCUT2D eigenvalue weighted by Crippen LogP contribution is 2.32.